The fraction of sp³-hybridized carbons (Fsp3) is 0.667. The molecule has 0 bridgehead atoms. The quantitative estimate of drug-likeness (QED) is 0.366. The molecule has 8 nitrogen and oxygen atoms in total. The Morgan fingerprint density at radius 3 is 2.36 bits per heavy atom. The van der Waals surface area contributed by atoms with E-state index in [0.717, 1.165) is 0 Å². The second kappa shape index (κ2) is 8.38. The van der Waals surface area contributed by atoms with Crippen LogP contribution in [0.15, 0.2) is 0 Å². The van der Waals surface area contributed by atoms with E-state index in [4.69, 9.17) is 11.6 Å². The molecule has 0 aromatic heterocycles. The number of aliphatic hydroxyl groups is 1. The molecule has 0 aliphatic carbocycles. The molecule has 1 amide bonds. The summed E-state index contributed by atoms with van der Waals surface area (Å²) in [6.45, 7) is 0.948. The Kier molecular flexibility index (Phi) is 9.14. The van der Waals surface area contributed by atoms with E-state index < -0.39 is 24.0 Å². The monoisotopic (exact) mass is 213 g/mol. The number of nitrogens with two attached hydrogens (primary N) is 1. The zero-order valence-electron chi connectivity index (χ0n) is 8.57. The lowest BCUT2D eigenvalue weighted by Crippen LogP contribution is -2.49. The van der Waals surface area contributed by atoms with Gasteiger partial charge in [-0.25, -0.2) is 4.79 Å². The van der Waals surface area contributed by atoms with Crippen LogP contribution in [-0.2, 0) is 9.59 Å². The topological polar surface area (TPSA) is 176 Å². The Bertz CT molecular complexity index is 200. The number of aliphatic carboxylic acids is 1. The molecule has 0 spiro atoms. The van der Waals surface area contributed by atoms with E-state index in [1.165, 1.54) is 6.92 Å². The lowest BCUT2D eigenvalue weighted by molar-refractivity contribution is -0.144. The minimum Gasteiger partial charge on any atom is -0.480 e. The minimum atomic E-state index is -1.33. The van der Waals surface area contributed by atoms with Crippen molar-refractivity contribution in [2.75, 3.05) is 6.54 Å². The van der Waals surface area contributed by atoms with Gasteiger partial charge in [0.2, 0.25) is 5.91 Å². The van der Waals surface area contributed by atoms with Gasteiger partial charge in [0.15, 0.2) is 6.04 Å². The summed E-state index contributed by atoms with van der Waals surface area (Å²) in [5.41, 5.74) is 1.81. The van der Waals surface area contributed by atoms with Crippen LogP contribution < -0.4 is 11.0 Å². The Morgan fingerprint density at radius 2 is 2.07 bits per heavy atom. The van der Waals surface area contributed by atoms with Crippen molar-refractivity contribution in [1.29, 1.82) is 0 Å². The number of hydrogen-bond donors (Lipinski definition) is 4. The highest BCUT2D eigenvalue weighted by atomic mass is 16.4. The van der Waals surface area contributed by atoms with Crippen LogP contribution in [0.2, 0.25) is 1.41 Å². The maximum absolute atomic E-state index is 10.8. The molecule has 0 unspecified atom stereocenters. The molecule has 2 atom stereocenters. The van der Waals surface area contributed by atoms with Gasteiger partial charge in [-0.15, -0.1) is 0 Å². The first kappa shape index (κ1) is 15.3. The van der Waals surface area contributed by atoms with E-state index in [-0.39, 0.29) is 17.5 Å². The van der Waals surface area contributed by atoms with E-state index in [1.54, 1.807) is 0 Å². The SMILES string of the molecule is O.O.[2H]NCC(=O)N[C@H](C(=O)O)[C@@H](C)O. The third kappa shape index (κ3) is 6.31. The van der Waals surface area contributed by atoms with Crippen LogP contribution in [0.25, 0.3) is 0 Å². The van der Waals surface area contributed by atoms with Crippen LogP contribution in [0.3, 0.4) is 0 Å². The molecule has 0 aromatic rings. The van der Waals surface area contributed by atoms with Crippen molar-refractivity contribution in [3.05, 3.63) is 0 Å². The van der Waals surface area contributed by atoms with Gasteiger partial charge in [-0.3, -0.25) is 4.79 Å². The minimum absolute atomic E-state index is 0. The zero-order valence-corrected chi connectivity index (χ0v) is 7.57. The summed E-state index contributed by atoms with van der Waals surface area (Å²) in [4.78, 5) is 21.2. The molecule has 14 heavy (non-hydrogen) atoms. The molecule has 9 N–H and O–H groups in total. The molecule has 0 saturated carbocycles. The van der Waals surface area contributed by atoms with Gasteiger partial charge in [-0.2, -0.15) is 0 Å². The van der Waals surface area contributed by atoms with Crippen LogP contribution in [0.1, 0.15) is 6.92 Å². The predicted octanol–water partition coefficient (Wildman–Crippen LogP) is -3.75. The average Bonchev–Trinajstić information content (AvgIpc) is 1.99. The van der Waals surface area contributed by atoms with Crippen molar-refractivity contribution in [3.63, 3.8) is 0 Å². The standard InChI is InChI=1S/C6H12N2O4.2H2O/c1-3(9)5(6(11)12)8-4(10)2-7;;/h3,5,9H,2,7H2,1H3,(H,8,10)(H,11,12);2*1H2/t3-,5+;;/m1../s1/i/hD. The molecule has 0 saturated heterocycles. The van der Waals surface area contributed by atoms with E-state index in [0.29, 0.717) is 0 Å². The highest BCUT2D eigenvalue weighted by molar-refractivity contribution is 5.84. The summed E-state index contributed by atoms with van der Waals surface area (Å²) in [6, 6.07) is -1.33. The highest BCUT2D eigenvalue weighted by Gasteiger charge is 2.23. The Morgan fingerprint density at radius 1 is 1.57 bits per heavy atom. The number of amides is 1. The van der Waals surface area contributed by atoms with Gasteiger partial charge in [-0.05, 0) is 6.92 Å². The predicted molar refractivity (Wildman–Crippen MR) is 47.5 cm³/mol. The summed E-state index contributed by atoms with van der Waals surface area (Å²) in [6.07, 6.45) is -1.17. The normalized spacial score (nSPS) is 13.7. The molecule has 0 aliphatic heterocycles. The first-order chi connectivity index (χ1) is 5.99. The van der Waals surface area contributed by atoms with Crippen LogP contribution in [0, 0.1) is 0 Å². The molecule has 8 heteroatoms. The zero-order chi connectivity index (χ0) is 10.4. The van der Waals surface area contributed by atoms with Gasteiger partial charge in [0, 0.05) is 0 Å². The summed E-state index contributed by atoms with van der Waals surface area (Å²) in [7, 11) is 0. The number of aliphatic hydroxyl groups excluding tert-OH is 1. The number of rotatable bonds is 5. The van der Waals surface area contributed by atoms with Crippen molar-refractivity contribution >= 4 is 11.9 Å². The lowest BCUT2D eigenvalue weighted by Gasteiger charge is -2.15. The third-order valence-corrected chi connectivity index (χ3v) is 1.23. The first-order valence-corrected chi connectivity index (χ1v) is 3.34. The molecule has 86 valence electrons. The van der Waals surface area contributed by atoms with Gasteiger partial charge < -0.3 is 32.2 Å². The summed E-state index contributed by atoms with van der Waals surface area (Å²) in [5, 5.41) is 19.5. The van der Waals surface area contributed by atoms with E-state index >= 15 is 0 Å². The molecule has 0 aliphatic rings. The number of carboxylic acid groups (broad SMARTS) is 1. The maximum Gasteiger partial charge on any atom is 0.328 e. The maximum atomic E-state index is 10.8. The first-order valence-electron chi connectivity index (χ1n) is 3.84. The molecule has 0 fully saturated rings. The van der Waals surface area contributed by atoms with Crippen LogP contribution in [0.5, 0.6) is 0 Å². The summed E-state index contributed by atoms with van der Waals surface area (Å²) >= 11 is 0. The largest absolute Gasteiger partial charge is 0.480 e. The molecule has 0 aromatic carbocycles. The van der Waals surface area contributed by atoms with Gasteiger partial charge in [0.05, 0.1) is 12.6 Å². The van der Waals surface area contributed by atoms with Crippen molar-refractivity contribution < 1.29 is 32.2 Å². The van der Waals surface area contributed by atoms with Gasteiger partial charge in [0.1, 0.15) is 1.41 Å². The second-order valence-corrected chi connectivity index (χ2v) is 2.30. The lowest BCUT2D eigenvalue weighted by atomic mass is 10.2. The number of carbonyl (C=O) groups is 2. The van der Waals surface area contributed by atoms with E-state index in [9.17, 15) is 9.59 Å². The average molecular weight is 213 g/mol. The van der Waals surface area contributed by atoms with Crippen LogP contribution in [-0.4, -0.2) is 51.7 Å². The summed E-state index contributed by atoms with van der Waals surface area (Å²) in [5.74, 6) is -1.96. The third-order valence-electron chi connectivity index (χ3n) is 1.23. The van der Waals surface area contributed by atoms with Crippen LogP contribution in [0.4, 0.5) is 0 Å². The number of nitrogens with one attached hydrogen (secondary N) is 1. The molecular weight excluding hydrogens is 196 g/mol. The molecule has 0 rings (SSSR count). The Hall–Kier alpha value is -1.22. The molecule has 0 radical (unpaired) electrons. The van der Waals surface area contributed by atoms with Gasteiger partial charge in [-0.1, -0.05) is 0 Å². The fourth-order valence-corrected chi connectivity index (χ4v) is 0.613. The van der Waals surface area contributed by atoms with Crippen molar-refractivity contribution in [2.45, 2.75) is 19.1 Å². The van der Waals surface area contributed by atoms with Gasteiger partial charge in [0.25, 0.3) is 0 Å². The smallest absolute Gasteiger partial charge is 0.328 e. The summed E-state index contributed by atoms with van der Waals surface area (Å²) < 4.78 is 6.47. The van der Waals surface area contributed by atoms with E-state index in [2.05, 4.69) is 0 Å². The van der Waals surface area contributed by atoms with E-state index in [1.807, 2.05) is 11.0 Å². The van der Waals surface area contributed by atoms with Crippen LogP contribution >= 0.6 is 0 Å². The van der Waals surface area contributed by atoms with Crippen molar-refractivity contribution in [2.24, 2.45) is 5.73 Å². The van der Waals surface area contributed by atoms with Gasteiger partial charge >= 0.3 is 5.97 Å². The highest BCUT2D eigenvalue weighted by Crippen LogP contribution is 1.91. The number of carbonyl (C=O) groups excluding carboxylic acids is 1. The number of carboxylic acids is 1. The number of hydrogen-bond acceptors (Lipinski definition) is 4. The van der Waals surface area contributed by atoms with Crippen molar-refractivity contribution in [3.8, 4) is 0 Å². The Labute approximate surface area is 81.8 Å². The fourth-order valence-electron chi connectivity index (χ4n) is 0.613. The Balaban J connectivity index is -0.000000720. The second-order valence-electron chi connectivity index (χ2n) is 2.30. The van der Waals surface area contributed by atoms with Crippen molar-refractivity contribution in [1.82, 2.24) is 5.32 Å². The molecule has 0 heterocycles. The molecular formula is C6H16N2O6.